The molecule has 1 atom stereocenters. The van der Waals surface area contributed by atoms with Gasteiger partial charge in [-0.05, 0) is 31.5 Å². The van der Waals surface area contributed by atoms with E-state index in [0.717, 1.165) is 18.7 Å². The minimum atomic E-state index is -0.218. The molecule has 1 aromatic carbocycles. The largest absolute Gasteiger partial charge is 0.355 e. The summed E-state index contributed by atoms with van der Waals surface area (Å²) in [6.45, 7) is 4.01. The average molecular weight is 289 g/mol. The Balaban J connectivity index is 1.65. The molecule has 1 fully saturated rings. The van der Waals surface area contributed by atoms with Gasteiger partial charge in [0.2, 0.25) is 5.91 Å². The number of nitrogens with one attached hydrogen (secondary N) is 1. The first-order valence-electron chi connectivity index (χ1n) is 8.05. The first-order valence-corrected chi connectivity index (χ1v) is 8.05. The second-order valence-electron chi connectivity index (χ2n) is 5.83. The van der Waals surface area contributed by atoms with Crippen LogP contribution in [-0.4, -0.2) is 37.0 Å². The van der Waals surface area contributed by atoms with Gasteiger partial charge in [-0.15, -0.1) is 0 Å². The van der Waals surface area contributed by atoms with Gasteiger partial charge in [0.05, 0.1) is 0 Å². The third-order valence-corrected chi connectivity index (χ3v) is 4.08. The predicted molar refractivity (Wildman–Crippen MR) is 85.9 cm³/mol. The van der Waals surface area contributed by atoms with Gasteiger partial charge in [-0.2, -0.15) is 0 Å². The topological polar surface area (TPSA) is 58.4 Å². The van der Waals surface area contributed by atoms with Gasteiger partial charge in [0.25, 0.3) is 0 Å². The van der Waals surface area contributed by atoms with Gasteiger partial charge in [0.15, 0.2) is 0 Å². The van der Waals surface area contributed by atoms with Gasteiger partial charge in [0.1, 0.15) is 0 Å². The lowest BCUT2D eigenvalue weighted by Gasteiger charge is -2.20. The summed E-state index contributed by atoms with van der Waals surface area (Å²) in [5, 5.41) is 2.99. The molecule has 4 heteroatoms. The Hall–Kier alpha value is -1.39. The van der Waals surface area contributed by atoms with Gasteiger partial charge >= 0.3 is 0 Å². The highest BCUT2D eigenvalue weighted by molar-refractivity contribution is 5.76. The molecule has 3 N–H and O–H groups in total. The minimum absolute atomic E-state index is 0.0428. The summed E-state index contributed by atoms with van der Waals surface area (Å²) in [6.07, 6.45) is 5.60. The van der Waals surface area contributed by atoms with Crippen molar-refractivity contribution in [1.82, 2.24) is 10.2 Å². The number of likely N-dealkylation sites (tertiary alicyclic amines) is 1. The molecule has 1 unspecified atom stereocenters. The quantitative estimate of drug-likeness (QED) is 0.843. The van der Waals surface area contributed by atoms with Gasteiger partial charge in [-0.1, -0.05) is 43.2 Å². The molecule has 1 heterocycles. The maximum Gasteiger partial charge on any atom is 0.221 e. The minimum Gasteiger partial charge on any atom is -0.355 e. The number of nitrogens with two attached hydrogens (primary N) is 1. The van der Waals surface area contributed by atoms with E-state index in [2.05, 4.69) is 10.2 Å². The number of hydrogen-bond donors (Lipinski definition) is 2. The normalized spacial score (nSPS) is 18.0. The maximum absolute atomic E-state index is 11.9. The van der Waals surface area contributed by atoms with E-state index in [4.69, 9.17) is 5.73 Å². The molecule has 0 radical (unpaired) electrons. The van der Waals surface area contributed by atoms with Crippen molar-refractivity contribution in [3.05, 3.63) is 35.9 Å². The molecule has 1 aliphatic heterocycles. The first kappa shape index (κ1) is 16.0. The molecule has 0 aromatic heterocycles. The zero-order valence-corrected chi connectivity index (χ0v) is 12.8. The van der Waals surface area contributed by atoms with Crippen molar-refractivity contribution in [3.8, 4) is 0 Å². The van der Waals surface area contributed by atoms with Crippen molar-refractivity contribution in [1.29, 1.82) is 0 Å². The highest BCUT2D eigenvalue weighted by atomic mass is 16.1. The smallest absolute Gasteiger partial charge is 0.221 e. The summed E-state index contributed by atoms with van der Waals surface area (Å²) in [7, 11) is 0. The van der Waals surface area contributed by atoms with Gasteiger partial charge < -0.3 is 16.0 Å². The van der Waals surface area contributed by atoms with Crippen molar-refractivity contribution >= 4 is 5.91 Å². The van der Waals surface area contributed by atoms with E-state index < -0.39 is 0 Å². The molecule has 0 saturated carbocycles. The fourth-order valence-electron chi connectivity index (χ4n) is 2.80. The standard InChI is InChI=1S/C17H27N3O/c18-16(15-8-4-3-5-9-15)14-17(21)19-10-13-20-11-6-1-2-7-12-20/h3-5,8-9,16H,1-2,6-7,10-14,18H2,(H,19,21). The molecular weight excluding hydrogens is 262 g/mol. The fraction of sp³-hybridized carbons (Fsp3) is 0.588. The number of hydrogen-bond acceptors (Lipinski definition) is 3. The van der Waals surface area contributed by atoms with Crippen LogP contribution in [0.4, 0.5) is 0 Å². The summed E-state index contributed by atoms with van der Waals surface area (Å²) in [5.41, 5.74) is 7.07. The molecule has 4 nitrogen and oxygen atoms in total. The van der Waals surface area contributed by atoms with Crippen LogP contribution in [0, 0.1) is 0 Å². The zero-order valence-electron chi connectivity index (χ0n) is 12.8. The van der Waals surface area contributed by atoms with Crippen LogP contribution in [0.1, 0.15) is 43.7 Å². The summed E-state index contributed by atoms with van der Waals surface area (Å²) < 4.78 is 0. The van der Waals surface area contributed by atoms with E-state index >= 15 is 0 Å². The van der Waals surface area contributed by atoms with Crippen molar-refractivity contribution in [2.24, 2.45) is 5.73 Å². The van der Waals surface area contributed by atoms with E-state index in [-0.39, 0.29) is 11.9 Å². The van der Waals surface area contributed by atoms with E-state index in [1.165, 1.54) is 38.8 Å². The monoisotopic (exact) mass is 289 g/mol. The second kappa shape index (κ2) is 8.80. The molecule has 0 bridgehead atoms. The van der Waals surface area contributed by atoms with Crippen LogP contribution >= 0.6 is 0 Å². The summed E-state index contributed by atoms with van der Waals surface area (Å²) >= 11 is 0. The Morgan fingerprint density at radius 1 is 1.14 bits per heavy atom. The lowest BCUT2D eigenvalue weighted by Crippen LogP contribution is -2.36. The zero-order chi connectivity index (χ0) is 14.9. The molecular formula is C17H27N3O. The molecule has 1 amide bonds. The molecule has 0 aliphatic carbocycles. The Bertz CT molecular complexity index is 413. The van der Waals surface area contributed by atoms with E-state index in [1.54, 1.807) is 0 Å². The van der Waals surface area contributed by atoms with Gasteiger partial charge in [0, 0.05) is 25.6 Å². The van der Waals surface area contributed by atoms with Crippen LogP contribution in [0.25, 0.3) is 0 Å². The van der Waals surface area contributed by atoms with E-state index in [0.29, 0.717) is 6.42 Å². The lowest BCUT2D eigenvalue weighted by molar-refractivity contribution is -0.121. The Morgan fingerprint density at radius 2 is 1.81 bits per heavy atom. The molecule has 116 valence electrons. The first-order chi connectivity index (χ1) is 10.3. The van der Waals surface area contributed by atoms with Crippen molar-refractivity contribution in [3.63, 3.8) is 0 Å². The van der Waals surface area contributed by atoms with Gasteiger partial charge in [-0.25, -0.2) is 0 Å². The molecule has 1 aromatic rings. The SMILES string of the molecule is NC(CC(=O)NCCN1CCCCCC1)c1ccccc1. The fourth-order valence-corrected chi connectivity index (χ4v) is 2.80. The predicted octanol–water partition coefficient (Wildman–Crippen LogP) is 2.07. The average Bonchev–Trinajstić information content (AvgIpc) is 2.77. The Morgan fingerprint density at radius 3 is 2.48 bits per heavy atom. The highest BCUT2D eigenvalue weighted by Gasteiger charge is 2.12. The highest BCUT2D eigenvalue weighted by Crippen LogP contribution is 2.13. The van der Waals surface area contributed by atoms with Crippen LogP contribution in [-0.2, 0) is 4.79 Å². The third kappa shape index (κ3) is 5.86. The van der Waals surface area contributed by atoms with Crippen LogP contribution < -0.4 is 11.1 Å². The number of rotatable bonds is 6. The van der Waals surface area contributed by atoms with E-state index in [9.17, 15) is 4.79 Å². The number of carbonyl (C=O) groups excluding carboxylic acids is 1. The van der Waals surface area contributed by atoms with Crippen molar-refractivity contribution in [2.45, 2.75) is 38.1 Å². The number of amides is 1. The third-order valence-electron chi connectivity index (χ3n) is 4.08. The van der Waals surface area contributed by atoms with E-state index in [1.807, 2.05) is 30.3 Å². The summed E-state index contributed by atoms with van der Waals surface area (Å²) in [6, 6.07) is 9.57. The number of benzene rings is 1. The van der Waals surface area contributed by atoms with Crippen molar-refractivity contribution < 1.29 is 4.79 Å². The Labute approximate surface area is 127 Å². The molecule has 0 spiro atoms. The van der Waals surface area contributed by atoms with Gasteiger partial charge in [-0.3, -0.25) is 4.79 Å². The van der Waals surface area contributed by atoms with Crippen LogP contribution in [0.15, 0.2) is 30.3 Å². The van der Waals surface area contributed by atoms with Crippen molar-refractivity contribution in [2.75, 3.05) is 26.2 Å². The molecule has 2 rings (SSSR count). The number of nitrogens with zero attached hydrogens (tertiary/aromatic N) is 1. The lowest BCUT2D eigenvalue weighted by atomic mass is 10.0. The molecule has 21 heavy (non-hydrogen) atoms. The summed E-state index contributed by atoms with van der Waals surface area (Å²) in [5.74, 6) is 0.0428. The van der Waals surface area contributed by atoms with Crippen LogP contribution in [0.3, 0.4) is 0 Å². The molecule has 1 aliphatic rings. The molecule has 1 saturated heterocycles. The maximum atomic E-state index is 11.9. The number of carbonyl (C=O) groups is 1. The Kier molecular flexibility index (Phi) is 6.70. The summed E-state index contributed by atoms with van der Waals surface area (Å²) in [4.78, 5) is 14.4. The van der Waals surface area contributed by atoms with Crippen LogP contribution in [0.5, 0.6) is 0 Å². The second-order valence-corrected chi connectivity index (χ2v) is 5.83. The van der Waals surface area contributed by atoms with Crippen LogP contribution in [0.2, 0.25) is 0 Å².